The summed E-state index contributed by atoms with van der Waals surface area (Å²) in [6.07, 6.45) is -16.1. The predicted octanol–water partition coefficient (Wildman–Crippen LogP) is 7.05. The summed E-state index contributed by atoms with van der Waals surface area (Å²) in [6, 6.07) is 5.34. The van der Waals surface area contributed by atoms with E-state index in [2.05, 4.69) is 4.99 Å². The molecule has 2 unspecified atom stereocenters. The molecule has 0 amide bonds. The van der Waals surface area contributed by atoms with Crippen LogP contribution in [0, 0.1) is 6.92 Å². The van der Waals surface area contributed by atoms with Crippen molar-refractivity contribution in [2.24, 2.45) is 4.99 Å². The summed E-state index contributed by atoms with van der Waals surface area (Å²) in [4.78, 5) is 3.82. The van der Waals surface area contributed by atoms with E-state index in [1.807, 2.05) is 0 Å². The van der Waals surface area contributed by atoms with Gasteiger partial charge in [0.1, 0.15) is 5.41 Å². The van der Waals surface area contributed by atoms with Crippen molar-refractivity contribution in [1.82, 2.24) is 0 Å². The number of alkyl halides is 9. The van der Waals surface area contributed by atoms with Gasteiger partial charge in [-0.1, -0.05) is 29.8 Å². The van der Waals surface area contributed by atoms with E-state index in [1.54, 1.807) is 25.1 Å². The lowest BCUT2D eigenvalue weighted by molar-refractivity contribution is -0.170. The minimum atomic E-state index is -5.26. The van der Waals surface area contributed by atoms with E-state index in [0.29, 0.717) is 11.8 Å². The van der Waals surface area contributed by atoms with Crippen molar-refractivity contribution >= 4 is 6.21 Å². The molecule has 2 aromatic carbocycles. The van der Waals surface area contributed by atoms with Crippen molar-refractivity contribution in [3.05, 3.63) is 70.3 Å². The Balaban J connectivity index is 2.18. The van der Waals surface area contributed by atoms with E-state index in [4.69, 9.17) is 0 Å². The molecule has 10 heteroatoms. The number of aryl methyl sites for hydroxylation is 1. The summed E-state index contributed by atoms with van der Waals surface area (Å²) >= 11 is 0. The van der Waals surface area contributed by atoms with E-state index in [0.717, 1.165) is 5.56 Å². The molecule has 30 heavy (non-hydrogen) atoms. The number of nitrogens with zero attached hydrogens (tertiary/aromatic N) is 1. The predicted molar refractivity (Wildman–Crippen MR) is 91.2 cm³/mol. The second-order valence-corrected chi connectivity index (χ2v) is 7.18. The lowest BCUT2D eigenvalue weighted by Crippen LogP contribution is -2.43. The first-order chi connectivity index (χ1) is 13.6. The summed E-state index contributed by atoms with van der Waals surface area (Å²) < 4.78 is 121. The molecule has 0 saturated heterocycles. The molecule has 0 spiro atoms. The van der Waals surface area contributed by atoms with Crippen molar-refractivity contribution in [1.29, 1.82) is 0 Å². The first-order valence-corrected chi connectivity index (χ1v) is 8.61. The van der Waals surface area contributed by atoms with Crippen LogP contribution in [0.2, 0.25) is 0 Å². The molecular weight excluding hydrogens is 425 g/mol. The van der Waals surface area contributed by atoms with Crippen LogP contribution in [0.15, 0.2) is 47.5 Å². The first kappa shape index (κ1) is 22.2. The number of hydrogen-bond donors (Lipinski definition) is 0. The van der Waals surface area contributed by atoms with Crippen LogP contribution in [0.5, 0.6) is 0 Å². The molecule has 1 heterocycles. The van der Waals surface area contributed by atoms with Gasteiger partial charge >= 0.3 is 18.5 Å². The number of hydrogen-bond acceptors (Lipinski definition) is 1. The normalized spacial score (nSPS) is 22.5. The van der Waals surface area contributed by atoms with Crippen molar-refractivity contribution in [2.45, 2.75) is 43.3 Å². The zero-order valence-corrected chi connectivity index (χ0v) is 15.3. The maximum absolute atomic E-state index is 14.1. The Kier molecular flexibility index (Phi) is 5.19. The Morgan fingerprint density at radius 3 is 1.87 bits per heavy atom. The zero-order valence-electron chi connectivity index (χ0n) is 15.3. The molecule has 0 N–H and O–H groups in total. The topological polar surface area (TPSA) is 12.4 Å². The molecule has 1 nitrogen and oxygen atoms in total. The van der Waals surface area contributed by atoms with E-state index in [9.17, 15) is 39.5 Å². The van der Waals surface area contributed by atoms with Crippen molar-refractivity contribution < 1.29 is 39.5 Å². The molecule has 0 radical (unpaired) electrons. The largest absolute Gasteiger partial charge is 0.416 e. The average Bonchev–Trinajstić information content (AvgIpc) is 3.06. The monoisotopic (exact) mass is 439 g/mol. The van der Waals surface area contributed by atoms with Gasteiger partial charge in [0.25, 0.3) is 0 Å². The molecule has 0 aliphatic carbocycles. The van der Waals surface area contributed by atoms with Crippen LogP contribution in [0.3, 0.4) is 0 Å². The lowest BCUT2D eigenvalue weighted by atomic mass is 9.75. The summed E-state index contributed by atoms with van der Waals surface area (Å²) in [5, 5.41) is 0. The Morgan fingerprint density at radius 1 is 0.833 bits per heavy atom. The highest BCUT2D eigenvalue weighted by Gasteiger charge is 2.59. The van der Waals surface area contributed by atoms with Gasteiger partial charge in [-0.25, -0.2) is 0 Å². The molecule has 2 aromatic rings. The molecule has 0 bridgehead atoms. The highest BCUT2D eigenvalue weighted by atomic mass is 19.4. The van der Waals surface area contributed by atoms with Crippen LogP contribution in [0.4, 0.5) is 39.5 Å². The quantitative estimate of drug-likeness (QED) is 0.445. The van der Waals surface area contributed by atoms with Gasteiger partial charge in [0, 0.05) is 6.21 Å². The Hall–Kier alpha value is -2.52. The number of halogens is 9. The van der Waals surface area contributed by atoms with Crippen LogP contribution in [0.25, 0.3) is 0 Å². The summed E-state index contributed by atoms with van der Waals surface area (Å²) in [6.45, 7) is 1.70. The lowest BCUT2D eigenvalue weighted by Gasteiger charge is -2.31. The summed E-state index contributed by atoms with van der Waals surface area (Å²) in [5.74, 6) is 0. The van der Waals surface area contributed by atoms with E-state index < -0.39 is 53.1 Å². The highest BCUT2D eigenvalue weighted by molar-refractivity contribution is 5.78. The van der Waals surface area contributed by atoms with Crippen LogP contribution in [0.1, 0.15) is 40.3 Å². The number of benzene rings is 2. The van der Waals surface area contributed by atoms with Gasteiger partial charge in [0.2, 0.25) is 0 Å². The third-order valence-corrected chi connectivity index (χ3v) is 5.03. The van der Waals surface area contributed by atoms with Gasteiger partial charge in [-0.2, -0.15) is 39.5 Å². The third-order valence-electron chi connectivity index (χ3n) is 5.03. The number of aliphatic imine (C=N–C) groups is 1. The molecule has 0 saturated carbocycles. The minimum Gasteiger partial charge on any atom is -0.288 e. The molecule has 1 aliphatic heterocycles. The minimum absolute atomic E-state index is 0.118. The fourth-order valence-corrected chi connectivity index (χ4v) is 3.47. The van der Waals surface area contributed by atoms with Gasteiger partial charge < -0.3 is 0 Å². The molecule has 0 fully saturated rings. The van der Waals surface area contributed by atoms with Crippen LogP contribution < -0.4 is 0 Å². The van der Waals surface area contributed by atoms with Crippen LogP contribution >= 0.6 is 0 Å². The molecule has 0 aromatic heterocycles. The smallest absolute Gasteiger partial charge is 0.288 e. The fourth-order valence-electron chi connectivity index (χ4n) is 3.47. The molecule has 2 atom stereocenters. The van der Waals surface area contributed by atoms with Crippen LogP contribution in [-0.2, 0) is 17.8 Å². The SMILES string of the molecule is Cc1cccc(C2CC(c3cc(C(F)(F)F)cc(C(F)(F)F)c3)(C(F)(F)F)C=N2)c1. The summed E-state index contributed by atoms with van der Waals surface area (Å²) in [7, 11) is 0. The van der Waals surface area contributed by atoms with Crippen molar-refractivity contribution in [3.8, 4) is 0 Å². The molecule has 162 valence electrons. The van der Waals surface area contributed by atoms with E-state index >= 15 is 0 Å². The van der Waals surface area contributed by atoms with Crippen molar-refractivity contribution in [3.63, 3.8) is 0 Å². The second kappa shape index (κ2) is 7.02. The maximum Gasteiger partial charge on any atom is 0.416 e. The highest BCUT2D eigenvalue weighted by Crippen LogP contribution is 2.51. The zero-order chi connectivity index (χ0) is 22.5. The summed E-state index contributed by atoms with van der Waals surface area (Å²) in [5.41, 5.74) is -6.71. The van der Waals surface area contributed by atoms with Crippen molar-refractivity contribution in [2.75, 3.05) is 0 Å². The van der Waals surface area contributed by atoms with Gasteiger partial charge in [-0.3, -0.25) is 4.99 Å². The van der Waals surface area contributed by atoms with Gasteiger partial charge in [-0.15, -0.1) is 0 Å². The Labute approximate surface area is 165 Å². The van der Waals surface area contributed by atoms with Gasteiger partial charge in [0.15, 0.2) is 0 Å². The van der Waals surface area contributed by atoms with E-state index in [1.165, 1.54) is 6.07 Å². The fraction of sp³-hybridized carbons (Fsp3) is 0.350. The molecular formula is C20H14F9N. The Bertz CT molecular complexity index is 937. The molecule has 3 rings (SSSR count). The van der Waals surface area contributed by atoms with Crippen LogP contribution in [-0.4, -0.2) is 12.4 Å². The first-order valence-electron chi connectivity index (χ1n) is 8.61. The van der Waals surface area contributed by atoms with Gasteiger partial charge in [-0.05, 0) is 42.7 Å². The average molecular weight is 439 g/mol. The third kappa shape index (κ3) is 4.04. The van der Waals surface area contributed by atoms with E-state index in [-0.39, 0.29) is 18.2 Å². The molecule has 1 aliphatic rings. The van der Waals surface area contributed by atoms with Gasteiger partial charge in [0.05, 0.1) is 17.2 Å². The number of rotatable bonds is 2. The second-order valence-electron chi connectivity index (χ2n) is 7.18. The standard InChI is InChI=1S/C20H14F9N/c1-11-3-2-4-12(5-11)16-9-17(10-30-16,20(27,28)29)13-6-14(18(21,22)23)8-15(7-13)19(24,25)26/h2-8,10,16H,9H2,1H3. The maximum atomic E-state index is 14.1. The Morgan fingerprint density at radius 2 is 1.40 bits per heavy atom.